The molecule has 3 rings (SSSR count). The molecular weight excluding hydrogens is 292 g/mol. The van der Waals surface area contributed by atoms with Crippen LogP contribution >= 0.6 is 11.8 Å². The summed E-state index contributed by atoms with van der Waals surface area (Å²) in [7, 11) is 0. The fraction of sp³-hybridized carbons (Fsp3) is 0.278. The van der Waals surface area contributed by atoms with E-state index < -0.39 is 0 Å². The minimum atomic E-state index is 0.0408. The molecule has 1 heterocycles. The minimum Gasteiger partial charge on any atom is -0.360 e. The van der Waals surface area contributed by atoms with Gasteiger partial charge in [-0.15, -0.1) is 11.8 Å². The van der Waals surface area contributed by atoms with E-state index in [1.807, 2.05) is 55.9 Å². The molecule has 2 aromatic rings. The second kappa shape index (κ2) is 6.44. The van der Waals surface area contributed by atoms with Crippen molar-refractivity contribution in [3.05, 3.63) is 53.6 Å². The number of hydrogen-bond donors (Lipinski definition) is 1. The largest absolute Gasteiger partial charge is 0.360 e. The zero-order valence-corrected chi connectivity index (χ0v) is 13.7. The zero-order chi connectivity index (χ0) is 15.5. The van der Waals surface area contributed by atoms with Crippen LogP contribution in [0.15, 0.2) is 47.4 Å². The van der Waals surface area contributed by atoms with Gasteiger partial charge in [-0.25, -0.2) is 0 Å². The van der Waals surface area contributed by atoms with Crippen LogP contribution in [0.4, 0.5) is 11.4 Å². The van der Waals surface area contributed by atoms with Gasteiger partial charge < -0.3 is 10.2 Å². The lowest BCUT2D eigenvalue weighted by Gasteiger charge is -2.30. The summed E-state index contributed by atoms with van der Waals surface area (Å²) in [4.78, 5) is 15.9. The number of benzene rings is 2. The second-order valence-corrected chi connectivity index (χ2v) is 6.69. The van der Waals surface area contributed by atoms with Crippen molar-refractivity contribution in [2.75, 3.05) is 29.1 Å². The first kappa shape index (κ1) is 15.0. The highest BCUT2D eigenvalue weighted by atomic mass is 32.2. The lowest BCUT2D eigenvalue weighted by Crippen LogP contribution is -2.36. The van der Waals surface area contributed by atoms with Crippen LogP contribution < -0.4 is 10.2 Å². The van der Waals surface area contributed by atoms with Gasteiger partial charge in [0.2, 0.25) is 5.91 Å². The van der Waals surface area contributed by atoms with E-state index in [0.717, 1.165) is 34.8 Å². The number of para-hydroxylation sites is 2. The summed E-state index contributed by atoms with van der Waals surface area (Å²) >= 11 is 1.86. The Balaban J connectivity index is 1.73. The molecule has 1 amide bonds. The summed E-state index contributed by atoms with van der Waals surface area (Å²) in [5.74, 6) is 1.06. The Bertz CT molecular complexity index is 679. The van der Waals surface area contributed by atoms with Gasteiger partial charge in [0.1, 0.15) is 0 Å². The van der Waals surface area contributed by atoms with Crippen molar-refractivity contribution >= 4 is 29.0 Å². The van der Waals surface area contributed by atoms with Gasteiger partial charge in [-0.1, -0.05) is 30.3 Å². The number of hydrogen-bond acceptors (Lipinski definition) is 3. The lowest BCUT2D eigenvalue weighted by atomic mass is 10.1. The van der Waals surface area contributed by atoms with Crippen molar-refractivity contribution in [3.8, 4) is 0 Å². The molecule has 0 radical (unpaired) electrons. The van der Waals surface area contributed by atoms with Crippen LogP contribution in [0, 0.1) is 13.8 Å². The second-order valence-electron chi connectivity index (χ2n) is 5.55. The van der Waals surface area contributed by atoms with Crippen LogP contribution in [-0.4, -0.2) is 24.7 Å². The summed E-state index contributed by atoms with van der Waals surface area (Å²) in [5.41, 5.74) is 4.30. The Morgan fingerprint density at radius 3 is 2.64 bits per heavy atom. The average Bonchev–Trinajstić information content (AvgIpc) is 2.51. The van der Waals surface area contributed by atoms with Gasteiger partial charge in [0.25, 0.3) is 0 Å². The van der Waals surface area contributed by atoms with Gasteiger partial charge in [0, 0.05) is 22.9 Å². The number of carbonyl (C=O) groups is 1. The van der Waals surface area contributed by atoms with Gasteiger partial charge in [-0.3, -0.25) is 4.79 Å². The topological polar surface area (TPSA) is 32.3 Å². The number of nitrogens with zero attached hydrogens (tertiary/aromatic N) is 1. The molecule has 0 spiro atoms. The molecule has 0 fully saturated rings. The molecule has 0 aliphatic carbocycles. The SMILES string of the molecule is Cc1cccc(C)c1NC(=O)CN1CCSc2ccccc21. The molecule has 22 heavy (non-hydrogen) atoms. The molecule has 2 aromatic carbocycles. The molecule has 0 saturated heterocycles. The Morgan fingerprint density at radius 2 is 1.86 bits per heavy atom. The molecule has 0 atom stereocenters. The monoisotopic (exact) mass is 312 g/mol. The number of rotatable bonds is 3. The number of thioether (sulfide) groups is 1. The summed E-state index contributed by atoms with van der Waals surface area (Å²) in [6.45, 7) is 5.35. The van der Waals surface area contributed by atoms with E-state index in [-0.39, 0.29) is 5.91 Å². The number of amides is 1. The lowest BCUT2D eigenvalue weighted by molar-refractivity contribution is -0.115. The van der Waals surface area contributed by atoms with Crippen LogP contribution in [-0.2, 0) is 4.79 Å². The molecule has 114 valence electrons. The zero-order valence-electron chi connectivity index (χ0n) is 12.9. The van der Waals surface area contributed by atoms with Crippen molar-refractivity contribution < 1.29 is 4.79 Å². The standard InChI is InChI=1S/C18H20N2OS/c1-13-6-5-7-14(2)18(13)19-17(21)12-20-10-11-22-16-9-4-3-8-15(16)20/h3-9H,10-12H2,1-2H3,(H,19,21). The van der Waals surface area contributed by atoms with E-state index in [0.29, 0.717) is 6.54 Å². The maximum absolute atomic E-state index is 12.4. The van der Waals surface area contributed by atoms with E-state index in [1.165, 1.54) is 4.90 Å². The summed E-state index contributed by atoms with van der Waals surface area (Å²) in [6.07, 6.45) is 0. The fourth-order valence-electron chi connectivity index (χ4n) is 2.75. The Kier molecular flexibility index (Phi) is 4.39. The maximum Gasteiger partial charge on any atom is 0.243 e. The molecule has 1 aliphatic rings. The van der Waals surface area contributed by atoms with Crippen molar-refractivity contribution in [1.29, 1.82) is 0 Å². The highest BCUT2D eigenvalue weighted by Gasteiger charge is 2.19. The molecule has 0 bridgehead atoms. The van der Waals surface area contributed by atoms with Gasteiger partial charge >= 0.3 is 0 Å². The van der Waals surface area contributed by atoms with E-state index in [2.05, 4.69) is 22.3 Å². The normalized spacial score (nSPS) is 13.6. The summed E-state index contributed by atoms with van der Waals surface area (Å²) in [5, 5.41) is 3.07. The Labute approximate surface area is 135 Å². The number of anilines is 2. The van der Waals surface area contributed by atoms with Crippen molar-refractivity contribution in [2.45, 2.75) is 18.7 Å². The Hall–Kier alpha value is -1.94. The first-order valence-electron chi connectivity index (χ1n) is 7.48. The molecule has 3 nitrogen and oxygen atoms in total. The molecule has 1 aliphatic heterocycles. The molecule has 0 saturated carbocycles. The van der Waals surface area contributed by atoms with Crippen LogP contribution in [0.1, 0.15) is 11.1 Å². The quantitative estimate of drug-likeness (QED) is 0.934. The van der Waals surface area contributed by atoms with E-state index in [9.17, 15) is 4.79 Å². The minimum absolute atomic E-state index is 0.0408. The number of carbonyl (C=O) groups excluding carboxylic acids is 1. The maximum atomic E-state index is 12.4. The third-order valence-corrected chi connectivity index (χ3v) is 4.95. The fourth-order valence-corrected chi connectivity index (χ4v) is 3.81. The number of fused-ring (bicyclic) bond motifs is 1. The highest BCUT2D eigenvalue weighted by molar-refractivity contribution is 7.99. The number of aryl methyl sites for hydroxylation is 2. The van der Waals surface area contributed by atoms with Crippen LogP contribution in [0.5, 0.6) is 0 Å². The molecule has 1 N–H and O–H groups in total. The average molecular weight is 312 g/mol. The smallest absolute Gasteiger partial charge is 0.243 e. The van der Waals surface area contributed by atoms with E-state index in [1.54, 1.807) is 0 Å². The Morgan fingerprint density at radius 1 is 1.14 bits per heavy atom. The van der Waals surface area contributed by atoms with Crippen molar-refractivity contribution in [1.82, 2.24) is 0 Å². The van der Waals surface area contributed by atoms with Gasteiger partial charge in [0.15, 0.2) is 0 Å². The highest BCUT2D eigenvalue weighted by Crippen LogP contribution is 2.34. The summed E-state index contributed by atoms with van der Waals surface area (Å²) < 4.78 is 0. The van der Waals surface area contributed by atoms with Gasteiger partial charge in [0.05, 0.1) is 12.2 Å². The third kappa shape index (κ3) is 3.12. The van der Waals surface area contributed by atoms with Crippen LogP contribution in [0.3, 0.4) is 0 Å². The summed E-state index contributed by atoms with van der Waals surface area (Å²) in [6, 6.07) is 14.3. The van der Waals surface area contributed by atoms with Crippen molar-refractivity contribution in [2.24, 2.45) is 0 Å². The first-order chi connectivity index (χ1) is 10.6. The van der Waals surface area contributed by atoms with E-state index >= 15 is 0 Å². The molecule has 4 heteroatoms. The predicted octanol–water partition coefficient (Wildman–Crippen LogP) is 3.85. The van der Waals surface area contributed by atoms with Gasteiger partial charge in [-0.2, -0.15) is 0 Å². The number of nitrogens with one attached hydrogen (secondary N) is 1. The van der Waals surface area contributed by atoms with Crippen molar-refractivity contribution in [3.63, 3.8) is 0 Å². The molecule has 0 aromatic heterocycles. The van der Waals surface area contributed by atoms with Gasteiger partial charge in [-0.05, 0) is 37.1 Å². The molecule has 0 unspecified atom stereocenters. The van der Waals surface area contributed by atoms with E-state index in [4.69, 9.17) is 0 Å². The predicted molar refractivity (Wildman–Crippen MR) is 93.9 cm³/mol. The molecular formula is C18H20N2OS. The van der Waals surface area contributed by atoms with Crippen LogP contribution in [0.2, 0.25) is 0 Å². The third-order valence-electron chi connectivity index (χ3n) is 3.90. The first-order valence-corrected chi connectivity index (χ1v) is 8.46. The van der Waals surface area contributed by atoms with Crippen LogP contribution in [0.25, 0.3) is 0 Å².